The number of pyridine rings is 1. The van der Waals surface area contributed by atoms with Crippen molar-refractivity contribution in [1.82, 2.24) is 0 Å². The van der Waals surface area contributed by atoms with Crippen molar-refractivity contribution < 1.29 is 19.1 Å². The van der Waals surface area contributed by atoms with E-state index in [9.17, 15) is 5.11 Å². The highest BCUT2D eigenvalue weighted by atomic mass is 79.9. The summed E-state index contributed by atoms with van der Waals surface area (Å²) in [6, 6.07) is 11.3. The molecule has 1 aliphatic heterocycles. The van der Waals surface area contributed by atoms with E-state index >= 15 is 0 Å². The van der Waals surface area contributed by atoms with Gasteiger partial charge in [0.25, 0.3) is 0 Å². The molecule has 5 heteroatoms. The minimum Gasteiger partial charge on any atom is -0.508 e. The van der Waals surface area contributed by atoms with Crippen LogP contribution in [0.3, 0.4) is 0 Å². The summed E-state index contributed by atoms with van der Waals surface area (Å²) in [6.45, 7) is 0.969. The molecule has 4 rings (SSSR count). The number of benzene rings is 2. The van der Waals surface area contributed by atoms with Crippen molar-refractivity contribution >= 4 is 26.7 Å². The number of fused-ring (bicyclic) bond motifs is 2. The van der Waals surface area contributed by atoms with E-state index in [4.69, 9.17) is 9.47 Å². The first kappa shape index (κ1) is 13.4. The smallest absolute Gasteiger partial charge is 0.231 e. The Balaban J connectivity index is 1.71. The summed E-state index contributed by atoms with van der Waals surface area (Å²) in [6.07, 6.45) is 4.04. The van der Waals surface area contributed by atoms with Crippen LogP contribution >= 0.6 is 15.9 Å². The quantitative estimate of drug-likeness (QED) is 0.714. The van der Waals surface area contributed by atoms with Crippen LogP contribution in [0.5, 0.6) is 17.2 Å². The Labute approximate surface area is 135 Å². The molecular formula is C17H13BrNO3+. The summed E-state index contributed by atoms with van der Waals surface area (Å²) in [5.74, 6) is 1.82. The highest BCUT2D eigenvalue weighted by Gasteiger charge is 2.18. The van der Waals surface area contributed by atoms with Crippen LogP contribution in [-0.2, 0) is 6.54 Å². The molecule has 110 valence electrons. The van der Waals surface area contributed by atoms with E-state index in [-0.39, 0.29) is 12.5 Å². The van der Waals surface area contributed by atoms with Crippen LogP contribution in [0.1, 0.15) is 5.56 Å². The van der Waals surface area contributed by atoms with Gasteiger partial charge in [-0.05, 0) is 29.7 Å². The third kappa shape index (κ3) is 2.37. The number of hydrogen-bond acceptors (Lipinski definition) is 3. The van der Waals surface area contributed by atoms with Gasteiger partial charge in [0.05, 0.1) is 0 Å². The Morgan fingerprint density at radius 2 is 1.86 bits per heavy atom. The molecule has 0 fully saturated rings. The number of phenolic OH excluding ortho intramolecular Hbond substituents is 1. The minimum absolute atomic E-state index is 0.271. The molecule has 0 radical (unpaired) electrons. The first-order chi connectivity index (χ1) is 10.7. The van der Waals surface area contributed by atoms with Crippen LogP contribution < -0.4 is 14.0 Å². The molecule has 1 N–H and O–H groups in total. The highest BCUT2D eigenvalue weighted by molar-refractivity contribution is 9.10. The van der Waals surface area contributed by atoms with Gasteiger partial charge in [-0.1, -0.05) is 22.0 Å². The second kappa shape index (κ2) is 5.18. The van der Waals surface area contributed by atoms with E-state index in [1.165, 1.54) is 0 Å². The normalized spacial score (nSPS) is 12.8. The van der Waals surface area contributed by atoms with Gasteiger partial charge in [-0.25, -0.2) is 4.57 Å². The van der Waals surface area contributed by atoms with Crippen molar-refractivity contribution in [3.05, 3.63) is 58.8 Å². The predicted molar refractivity (Wildman–Crippen MR) is 85.2 cm³/mol. The number of ether oxygens (including phenoxy) is 2. The average molecular weight is 359 g/mol. The predicted octanol–water partition coefficient (Wildman–Crippen LogP) is 3.37. The van der Waals surface area contributed by atoms with Gasteiger partial charge < -0.3 is 14.6 Å². The Hall–Kier alpha value is -2.27. The van der Waals surface area contributed by atoms with Gasteiger partial charge in [-0.2, -0.15) is 0 Å². The minimum atomic E-state index is 0.271. The third-order valence-corrected chi connectivity index (χ3v) is 4.45. The van der Waals surface area contributed by atoms with Crippen molar-refractivity contribution in [2.24, 2.45) is 0 Å². The molecule has 0 atom stereocenters. The Bertz CT molecular complexity index is 879. The molecule has 0 aliphatic carbocycles. The maximum absolute atomic E-state index is 9.61. The Morgan fingerprint density at radius 1 is 1.05 bits per heavy atom. The molecule has 0 bridgehead atoms. The number of hydrogen-bond donors (Lipinski definition) is 1. The molecule has 0 saturated carbocycles. The lowest BCUT2D eigenvalue weighted by Gasteiger charge is -2.05. The fraction of sp³-hybridized carbons (Fsp3) is 0.118. The molecule has 2 aromatic carbocycles. The maximum Gasteiger partial charge on any atom is 0.231 e. The lowest BCUT2D eigenvalue weighted by atomic mass is 10.1. The summed E-state index contributed by atoms with van der Waals surface area (Å²) >= 11 is 3.58. The van der Waals surface area contributed by atoms with Gasteiger partial charge in [0.1, 0.15) is 5.75 Å². The van der Waals surface area contributed by atoms with Gasteiger partial charge >= 0.3 is 0 Å². The van der Waals surface area contributed by atoms with Gasteiger partial charge in [0.2, 0.25) is 6.79 Å². The van der Waals surface area contributed by atoms with Gasteiger partial charge in [-0.15, -0.1) is 0 Å². The Kier molecular flexibility index (Phi) is 3.15. The van der Waals surface area contributed by atoms with Gasteiger partial charge in [0.15, 0.2) is 30.4 Å². The van der Waals surface area contributed by atoms with Crippen LogP contribution in [0, 0.1) is 0 Å². The molecule has 4 nitrogen and oxygen atoms in total. The molecule has 0 saturated heterocycles. The number of phenols is 1. The summed E-state index contributed by atoms with van der Waals surface area (Å²) < 4.78 is 13.9. The summed E-state index contributed by atoms with van der Waals surface area (Å²) in [5, 5.41) is 11.7. The SMILES string of the molecule is Oc1ccc2cc[n+](Cc3cc4c(cc3Br)OCO4)cc2c1. The van der Waals surface area contributed by atoms with Crippen LogP contribution in [0.15, 0.2) is 53.3 Å². The highest BCUT2D eigenvalue weighted by Crippen LogP contribution is 2.36. The number of rotatable bonds is 2. The molecule has 1 aliphatic rings. The molecule has 2 heterocycles. The average Bonchev–Trinajstić information content (AvgIpc) is 2.94. The summed E-state index contributed by atoms with van der Waals surface area (Å²) in [7, 11) is 0. The standard InChI is InChI=1S/C17H12BrNO3/c18-15-7-17-16(21-10-22-17)6-13(15)9-19-4-3-11-1-2-14(20)5-12(11)8-19/h1-8H,9-10H2/p+1. The second-order valence-corrected chi connectivity index (χ2v) is 6.08. The summed E-state index contributed by atoms with van der Waals surface area (Å²) in [5.41, 5.74) is 1.11. The van der Waals surface area contributed by atoms with E-state index in [2.05, 4.69) is 20.5 Å². The molecule has 3 aromatic rings. The van der Waals surface area contributed by atoms with Crippen LogP contribution in [0.4, 0.5) is 0 Å². The van der Waals surface area contributed by atoms with Crippen LogP contribution in [0.25, 0.3) is 10.8 Å². The molecule has 0 amide bonds. The lowest BCUT2D eigenvalue weighted by Crippen LogP contribution is -2.33. The number of aromatic hydroxyl groups is 1. The van der Waals surface area contributed by atoms with E-state index in [1.807, 2.05) is 36.7 Å². The largest absolute Gasteiger partial charge is 0.508 e. The fourth-order valence-corrected chi connectivity index (χ4v) is 3.05. The fourth-order valence-electron chi connectivity index (χ4n) is 2.60. The third-order valence-electron chi connectivity index (χ3n) is 3.72. The van der Waals surface area contributed by atoms with Gasteiger partial charge in [0, 0.05) is 21.5 Å². The second-order valence-electron chi connectivity index (χ2n) is 5.23. The zero-order valence-corrected chi connectivity index (χ0v) is 13.2. The van der Waals surface area contributed by atoms with Crippen molar-refractivity contribution in [3.63, 3.8) is 0 Å². The van der Waals surface area contributed by atoms with Crippen LogP contribution in [-0.4, -0.2) is 11.9 Å². The van der Waals surface area contributed by atoms with Gasteiger partial charge in [-0.3, -0.25) is 0 Å². The first-order valence-corrected chi connectivity index (χ1v) is 7.68. The van der Waals surface area contributed by atoms with Crippen molar-refractivity contribution in [3.8, 4) is 17.2 Å². The maximum atomic E-state index is 9.61. The molecular weight excluding hydrogens is 346 g/mol. The van der Waals surface area contributed by atoms with E-state index in [0.29, 0.717) is 6.54 Å². The monoisotopic (exact) mass is 358 g/mol. The zero-order chi connectivity index (χ0) is 15.1. The van der Waals surface area contributed by atoms with Crippen molar-refractivity contribution in [2.45, 2.75) is 6.54 Å². The molecule has 22 heavy (non-hydrogen) atoms. The zero-order valence-electron chi connectivity index (χ0n) is 11.6. The summed E-state index contributed by atoms with van der Waals surface area (Å²) in [4.78, 5) is 0. The van der Waals surface area contributed by atoms with Crippen LogP contribution in [0.2, 0.25) is 0 Å². The van der Waals surface area contributed by atoms with E-state index < -0.39 is 0 Å². The molecule has 0 unspecified atom stereocenters. The topological polar surface area (TPSA) is 42.6 Å². The number of aromatic nitrogens is 1. The number of halogens is 1. The molecule has 1 aromatic heterocycles. The molecule has 0 spiro atoms. The number of nitrogens with zero attached hydrogens (tertiary/aromatic N) is 1. The first-order valence-electron chi connectivity index (χ1n) is 6.89. The Morgan fingerprint density at radius 3 is 2.73 bits per heavy atom. The van der Waals surface area contributed by atoms with Crippen molar-refractivity contribution in [1.29, 1.82) is 0 Å². The van der Waals surface area contributed by atoms with E-state index in [1.54, 1.807) is 12.1 Å². The van der Waals surface area contributed by atoms with Crippen molar-refractivity contribution in [2.75, 3.05) is 6.79 Å². The lowest BCUT2D eigenvalue weighted by molar-refractivity contribution is -0.687. The van der Waals surface area contributed by atoms with E-state index in [0.717, 1.165) is 32.3 Å².